The summed E-state index contributed by atoms with van der Waals surface area (Å²) in [6.07, 6.45) is 1.41. The normalized spacial score (nSPS) is 12.1. The molecule has 0 aliphatic carbocycles. The van der Waals surface area contributed by atoms with Crippen LogP contribution in [0.15, 0.2) is 52.4 Å². The fraction of sp³-hybridized carbons (Fsp3) is 0.235. The summed E-state index contributed by atoms with van der Waals surface area (Å²) in [5, 5.41) is 19.2. The van der Waals surface area contributed by atoms with E-state index >= 15 is 0 Å². The first kappa shape index (κ1) is 18.0. The largest absolute Gasteiger partial charge is 0.504 e. The summed E-state index contributed by atoms with van der Waals surface area (Å²) in [4.78, 5) is 4.40. The van der Waals surface area contributed by atoms with Crippen LogP contribution in [-0.2, 0) is 10.0 Å². The van der Waals surface area contributed by atoms with Gasteiger partial charge < -0.3 is 10.2 Å². The lowest BCUT2D eigenvalue weighted by Gasteiger charge is -2.18. The molecule has 0 aliphatic rings. The predicted octanol–water partition coefficient (Wildman–Crippen LogP) is 2.88. The Labute approximate surface area is 141 Å². The van der Waals surface area contributed by atoms with Crippen molar-refractivity contribution in [3.63, 3.8) is 0 Å². The standard InChI is InChI=1S/C17H20N2O4S/c1-3-19(4-2)24(22,23)15-10-8-14(9-11-15)18-12-13-6-5-7-16(20)17(13)21/h5-12,20-21H,3-4H2,1-2H3. The van der Waals surface area contributed by atoms with Gasteiger partial charge in [0, 0.05) is 24.9 Å². The van der Waals surface area contributed by atoms with E-state index in [4.69, 9.17) is 0 Å². The molecule has 2 aromatic carbocycles. The van der Waals surface area contributed by atoms with E-state index in [9.17, 15) is 18.6 Å². The predicted molar refractivity (Wildman–Crippen MR) is 93.6 cm³/mol. The quantitative estimate of drug-likeness (QED) is 0.620. The molecule has 0 fully saturated rings. The van der Waals surface area contributed by atoms with E-state index in [1.807, 2.05) is 0 Å². The van der Waals surface area contributed by atoms with Crippen molar-refractivity contribution < 1.29 is 18.6 Å². The number of hydrogen-bond donors (Lipinski definition) is 2. The summed E-state index contributed by atoms with van der Waals surface area (Å²) in [5.41, 5.74) is 0.908. The molecule has 0 aromatic heterocycles. The first-order valence-electron chi connectivity index (χ1n) is 7.55. The van der Waals surface area contributed by atoms with Crippen LogP contribution in [0.5, 0.6) is 11.5 Å². The van der Waals surface area contributed by atoms with Gasteiger partial charge in [0.2, 0.25) is 10.0 Å². The molecular weight excluding hydrogens is 328 g/mol. The van der Waals surface area contributed by atoms with Crippen LogP contribution in [0.4, 0.5) is 5.69 Å². The van der Waals surface area contributed by atoms with Gasteiger partial charge in [-0.3, -0.25) is 4.99 Å². The SMILES string of the molecule is CCN(CC)S(=O)(=O)c1ccc(N=Cc2cccc(O)c2O)cc1. The molecule has 7 heteroatoms. The molecule has 6 nitrogen and oxygen atoms in total. The van der Waals surface area contributed by atoms with E-state index in [2.05, 4.69) is 4.99 Å². The van der Waals surface area contributed by atoms with Crippen LogP contribution in [0, 0.1) is 0 Å². The van der Waals surface area contributed by atoms with E-state index in [0.29, 0.717) is 24.3 Å². The first-order valence-corrected chi connectivity index (χ1v) is 8.99. The smallest absolute Gasteiger partial charge is 0.243 e. The number of phenols is 2. The zero-order valence-electron chi connectivity index (χ0n) is 13.5. The fourth-order valence-corrected chi connectivity index (χ4v) is 3.67. The molecule has 0 atom stereocenters. The molecule has 0 radical (unpaired) electrons. The fourth-order valence-electron chi connectivity index (χ4n) is 2.21. The lowest BCUT2D eigenvalue weighted by atomic mass is 10.2. The summed E-state index contributed by atoms with van der Waals surface area (Å²) in [5.74, 6) is -0.471. The van der Waals surface area contributed by atoms with Crippen molar-refractivity contribution in [3.8, 4) is 11.5 Å². The Morgan fingerprint density at radius 2 is 1.67 bits per heavy atom. The Morgan fingerprint density at radius 3 is 2.25 bits per heavy atom. The zero-order valence-corrected chi connectivity index (χ0v) is 14.4. The van der Waals surface area contributed by atoms with Crippen molar-refractivity contribution in [3.05, 3.63) is 48.0 Å². The number of nitrogens with zero attached hydrogens (tertiary/aromatic N) is 2. The highest BCUT2D eigenvalue weighted by atomic mass is 32.2. The number of benzene rings is 2. The summed E-state index contributed by atoms with van der Waals surface area (Å²) in [6.45, 7) is 4.41. The zero-order chi connectivity index (χ0) is 17.7. The van der Waals surface area contributed by atoms with Crippen LogP contribution in [0.2, 0.25) is 0 Å². The third-order valence-electron chi connectivity index (χ3n) is 3.58. The molecule has 0 unspecified atom stereocenters. The van der Waals surface area contributed by atoms with Gasteiger partial charge in [-0.1, -0.05) is 19.9 Å². The highest BCUT2D eigenvalue weighted by Gasteiger charge is 2.20. The van der Waals surface area contributed by atoms with E-state index in [1.54, 1.807) is 38.1 Å². The van der Waals surface area contributed by atoms with Gasteiger partial charge in [0.15, 0.2) is 11.5 Å². The summed E-state index contributed by atoms with van der Waals surface area (Å²) >= 11 is 0. The van der Waals surface area contributed by atoms with Gasteiger partial charge in [-0.15, -0.1) is 0 Å². The molecule has 2 aromatic rings. The second-order valence-corrected chi connectivity index (χ2v) is 6.99. The maximum absolute atomic E-state index is 12.4. The van der Waals surface area contributed by atoms with Crippen LogP contribution >= 0.6 is 0 Å². The molecule has 0 saturated heterocycles. The van der Waals surface area contributed by atoms with Crippen LogP contribution in [0.3, 0.4) is 0 Å². The summed E-state index contributed by atoms with van der Waals surface area (Å²) in [6, 6.07) is 10.8. The Hall–Kier alpha value is -2.38. The topological polar surface area (TPSA) is 90.2 Å². The third-order valence-corrected chi connectivity index (χ3v) is 5.64. The molecule has 2 N–H and O–H groups in total. The number of aliphatic imine (C=N–C) groups is 1. The average molecular weight is 348 g/mol. The van der Waals surface area contributed by atoms with Crippen LogP contribution in [0.25, 0.3) is 0 Å². The Kier molecular flexibility index (Phi) is 5.58. The third kappa shape index (κ3) is 3.74. The molecule has 0 amide bonds. The molecular formula is C17H20N2O4S. The van der Waals surface area contributed by atoms with Gasteiger partial charge in [-0.2, -0.15) is 4.31 Å². The highest BCUT2D eigenvalue weighted by Crippen LogP contribution is 2.27. The van der Waals surface area contributed by atoms with Gasteiger partial charge >= 0.3 is 0 Å². The average Bonchev–Trinajstić information content (AvgIpc) is 2.57. The number of hydrogen-bond acceptors (Lipinski definition) is 5. The molecule has 0 heterocycles. The van der Waals surface area contributed by atoms with Crippen LogP contribution < -0.4 is 0 Å². The highest BCUT2D eigenvalue weighted by molar-refractivity contribution is 7.89. The van der Waals surface area contributed by atoms with Crippen molar-refractivity contribution >= 4 is 21.9 Å². The Balaban J connectivity index is 2.24. The molecule has 0 aliphatic heterocycles. The maximum Gasteiger partial charge on any atom is 0.243 e. The maximum atomic E-state index is 12.4. The first-order chi connectivity index (χ1) is 11.4. The van der Waals surface area contributed by atoms with Gasteiger partial charge in [-0.05, 0) is 36.4 Å². The molecule has 0 saturated carbocycles. The number of phenolic OH excluding ortho intramolecular Hbond substituents is 2. The summed E-state index contributed by atoms with van der Waals surface area (Å²) < 4.78 is 26.2. The second kappa shape index (κ2) is 7.46. The number of para-hydroxylation sites is 1. The van der Waals surface area contributed by atoms with E-state index in [1.165, 1.54) is 28.7 Å². The number of rotatable bonds is 6. The van der Waals surface area contributed by atoms with Gasteiger partial charge in [0.25, 0.3) is 0 Å². The monoisotopic (exact) mass is 348 g/mol. The molecule has 0 bridgehead atoms. The molecule has 128 valence electrons. The lowest BCUT2D eigenvalue weighted by Crippen LogP contribution is -2.30. The van der Waals surface area contributed by atoms with E-state index in [-0.39, 0.29) is 16.4 Å². The van der Waals surface area contributed by atoms with Gasteiger partial charge in [0.1, 0.15) is 0 Å². The van der Waals surface area contributed by atoms with Crippen molar-refractivity contribution in [1.29, 1.82) is 0 Å². The molecule has 24 heavy (non-hydrogen) atoms. The van der Waals surface area contributed by atoms with Crippen LogP contribution in [-0.4, -0.2) is 42.2 Å². The minimum Gasteiger partial charge on any atom is -0.504 e. The van der Waals surface area contributed by atoms with Gasteiger partial charge in [-0.25, -0.2) is 8.42 Å². The molecule has 0 spiro atoms. The van der Waals surface area contributed by atoms with Crippen molar-refractivity contribution in [1.82, 2.24) is 4.31 Å². The van der Waals surface area contributed by atoms with Crippen molar-refractivity contribution in [2.75, 3.05) is 13.1 Å². The minimum absolute atomic E-state index is 0.213. The van der Waals surface area contributed by atoms with E-state index < -0.39 is 10.0 Å². The number of sulfonamides is 1. The van der Waals surface area contributed by atoms with Crippen molar-refractivity contribution in [2.45, 2.75) is 18.7 Å². The lowest BCUT2D eigenvalue weighted by molar-refractivity contribution is 0.403. The molecule has 2 rings (SSSR count). The minimum atomic E-state index is -3.49. The Bertz CT molecular complexity index is 826. The summed E-state index contributed by atoms with van der Waals surface area (Å²) in [7, 11) is -3.49. The van der Waals surface area contributed by atoms with Crippen molar-refractivity contribution in [2.24, 2.45) is 4.99 Å². The Morgan fingerprint density at radius 1 is 1.04 bits per heavy atom. The second-order valence-electron chi connectivity index (χ2n) is 5.06. The van der Waals surface area contributed by atoms with E-state index in [0.717, 1.165) is 0 Å². The van der Waals surface area contributed by atoms with Crippen LogP contribution in [0.1, 0.15) is 19.4 Å². The van der Waals surface area contributed by atoms with Gasteiger partial charge in [0.05, 0.1) is 10.6 Å². The number of aromatic hydroxyl groups is 2.